The van der Waals surface area contributed by atoms with Gasteiger partial charge in [0.15, 0.2) is 0 Å². The lowest BCUT2D eigenvalue weighted by atomic mass is 9.96. The van der Waals surface area contributed by atoms with Crippen LogP contribution in [0.5, 0.6) is 0 Å². The molecule has 0 aliphatic rings. The maximum absolute atomic E-state index is 12.1. The van der Waals surface area contributed by atoms with Gasteiger partial charge in [0.25, 0.3) is 0 Å². The van der Waals surface area contributed by atoms with Gasteiger partial charge in [0, 0.05) is 5.88 Å². The van der Waals surface area contributed by atoms with Crippen LogP contribution in [0.4, 0.5) is 0 Å². The average Bonchev–Trinajstić information content (AvgIpc) is 2.30. The van der Waals surface area contributed by atoms with Crippen molar-refractivity contribution in [2.45, 2.75) is 53.2 Å². The molecule has 0 aromatic heterocycles. The molecule has 0 aromatic carbocycles. The minimum atomic E-state index is -4.13. The van der Waals surface area contributed by atoms with Gasteiger partial charge in [-0.2, -0.15) is 13.1 Å². The van der Waals surface area contributed by atoms with Crippen molar-refractivity contribution < 1.29 is 22.1 Å². The van der Waals surface area contributed by atoms with Crippen LogP contribution in [0.25, 0.3) is 0 Å². The fraction of sp³-hybridized carbons (Fsp3) is 0.786. The maximum atomic E-state index is 12.1. The first kappa shape index (κ1) is 21.4. The van der Waals surface area contributed by atoms with Crippen molar-refractivity contribution >= 4 is 27.9 Å². The Balaban J connectivity index is 5.52. The van der Waals surface area contributed by atoms with Crippen LogP contribution in [0.3, 0.4) is 0 Å². The van der Waals surface area contributed by atoms with E-state index in [-0.39, 0.29) is 18.4 Å². The lowest BCUT2D eigenvalue weighted by molar-refractivity contribution is -0.144. The van der Waals surface area contributed by atoms with Crippen LogP contribution < -0.4 is 4.72 Å². The Hall–Kier alpha value is -0.630. The zero-order chi connectivity index (χ0) is 17.6. The summed E-state index contributed by atoms with van der Waals surface area (Å²) in [5.74, 6) is -0.621. The van der Waals surface area contributed by atoms with E-state index in [2.05, 4.69) is 4.72 Å². The number of carbonyl (C=O) groups excluding carboxylic acids is 1. The minimum absolute atomic E-state index is 0.0921. The van der Waals surface area contributed by atoms with E-state index in [0.717, 1.165) is 0 Å². The van der Waals surface area contributed by atoms with Crippen LogP contribution in [0, 0.1) is 5.92 Å². The third kappa shape index (κ3) is 8.12. The molecule has 0 aliphatic heterocycles. The third-order valence-electron chi connectivity index (χ3n) is 2.46. The van der Waals surface area contributed by atoms with E-state index >= 15 is 0 Å². The summed E-state index contributed by atoms with van der Waals surface area (Å²) in [5, 5.41) is 0. The maximum Gasteiger partial charge on any atom is 0.337 e. The van der Waals surface area contributed by atoms with Crippen molar-refractivity contribution in [2.24, 2.45) is 5.92 Å². The first-order valence-electron chi connectivity index (χ1n) is 7.09. The molecule has 0 heterocycles. The van der Waals surface area contributed by atoms with Gasteiger partial charge in [-0.15, -0.1) is 11.6 Å². The SMILES string of the molecule is CCOC(=O)[C@@H](NS(=O)(=O)OC(C)(C)C)/C(=C/CCl)C(C)C. The van der Waals surface area contributed by atoms with Gasteiger partial charge in [0.2, 0.25) is 0 Å². The zero-order valence-corrected chi connectivity index (χ0v) is 15.5. The Labute approximate surface area is 138 Å². The third-order valence-corrected chi connectivity index (χ3v) is 3.86. The average molecular weight is 356 g/mol. The van der Waals surface area contributed by atoms with Gasteiger partial charge in [0.1, 0.15) is 6.04 Å². The first-order chi connectivity index (χ1) is 9.93. The monoisotopic (exact) mass is 355 g/mol. The van der Waals surface area contributed by atoms with Crippen molar-refractivity contribution in [1.82, 2.24) is 4.72 Å². The number of carbonyl (C=O) groups is 1. The van der Waals surface area contributed by atoms with Crippen molar-refractivity contribution in [3.8, 4) is 0 Å². The highest BCUT2D eigenvalue weighted by molar-refractivity contribution is 7.84. The molecule has 1 N–H and O–H groups in total. The molecule has 0 amide bonds. The number of hydrogen-bond donors (Lipinski definition) is 1. The molecule has 1 atom stereocenters. The van der Waals surface area contributed by atoms with E-state index in [1.165, 1.54) is 0 Å². The van der Waals surface area contributed by atoms with E-state index in [0.29, 0.717) is 5.57 Å². The van der Waals surface area contributed by atoms with Crippen LogP contribution in [0.2, 0.25) is 0 Å². The largest absolute Gasteiger partial charge is 0.465 e. The van der Waals surface area contributed by atoms with E-state index in [1.54, 1.807) is 33.8 Å². The molecule has 0 saturated heterocycles. The van der Waals surface area contributed by atoms with Gasteiger partial charge in [-0.25, -0.2) is 4.79 Å². The highest BCUT2D eigenvalue weighted by atomic mass is 35.5. The van der Waals surface area contributed by atoms with Gasteiger partial charge in [-0.1, -0.05) is 19.9 Å². The summed E-state index contributed by atoms with van der Waals surface area (Å²) in [6.07, 6.45) is 1.60. The lowest BCUT2D eigenvalue weighted by Crippen LogP contribution is -2.46. The highest BCUT2D eigenvalue weighted by Gasteiger charge is 2.32. The fourth-order valence-electron chi connectivity index (χ4n) is 1.75. The van der Waals surface area contributed by atoms with Gasteiger partial charge >= 0.3 is 16.3 Å². The zero-order valence-electron chi connectivity index (χ0n) is 14.0. The van der Waals surface area contributed by atoms with Gasteiger partial charge in [-0.3, -0.25) is 4.18 Å². The quantitative estimate of drug-likeness (QED) is 0.410. The van der Waals surface area contributed by atoms with Gasteiger partial charge in [0.05, 0.1) is 12.2 Å². The second kappa shape index (κ2) is 8.86. The van der Waals surface area contributed by atoms with Gasteiger partial charge in [-0.05, 0) is 39.2 Å². The molecular weight excluding hydrogens is 330 g/mol. The lowest BCUT2D eigenvalue weighted by Gasteiger charge is -2.25. The Morgan fingerprint density at radius 1 is 1.32 bits per heavy atom. The van der Waals surface area contributed by atoms with E-state index < -0.39 is 27.9 Å². The van der Waals surface area contributed by atoms with Crippen LogP contribution in [0.1, 0.15) is 41.5 Å². The molecule has 6 nitrogen and oxygen atoms in total. The standard InChI is InChI=1S/C14H26ClNO5S/c1-7-20-13(17)12(11(8-9-15)10(2)3)16-22(18,19)21-14(4,5)6/h8,10,12,16H,7,9H2,1-6H3/b11-8+/t12-/m0/s1. The molecule has 0 aromatic rings. The molecule has 0 fully saturated rings. The molecular formula is C14H26ClNO5S. The molecule has 0 bridgehead atoms. The molecule has 130 valence electrons. The molecule has 0 saturated carbocycles. The van der Waals surface area contributed by atoms with Crippen molar-refractivity contribution in [3.05, 3.63) is 11.6 Å². The summed E-state index contributed by atoms with van der Waals surface area (Å²) in [4.78, 5) is 12.1. The highest BCUT2D eigenvalue weighted by Crippen LogP contribution is 2.19. The fourth-order valence-corrected chi connectivity index (χ4v) is 3.16. The van der Waals surface area contributed by atoms with Gasteiger partial charge < -0.3 is 4.74 Å². The number of nitrogens with one attached hydrogen (secondary N) is 1. The summed E-state index contributed by atoms with van der Waals surface area (Å²) >= 11 is 5.71. The number of hydrogen-bond acceptors (Lipinski definition) is 5. The number of halogens is 1. The minimum Gasteiger partial charge on any atom is -0.465 e. The molecule has 0 unspecified atom stereocenters. The summed E-state index contributed by atoms with van der Waals surface area (Å²) in [6.45, 7) is 10.3. The number of esters is 1. The van der Waals surface area contributed by atoms with Crippen LogP contribution in [-0.2, 0) is 24.0 Å². The number of allylic oxidation sites excluding steroid dienone is 1. The molecule has 0 spiro atoms. The number of ether oxygens (including phenoxy) is 1. The molecule has 0 radical (unpaired) electrons. The summed E-state index contributed by atoms with van der Waals surface area (Å²) in [7, 11) is -4.13. The normalized spacial score (nSPS) is 15.0. The smallest absolute Gasteiger partial charge is 0.337 e. The van der Waals surface area contributed by atoms with Crippen LogP contribution >= 0.6 is 11.6 Å². The Morgan fingerprint density at radius 3 is 2.23 bits per heavy atom. The second-order valence-electron chi connectivity index (χ2n) is 5.97. The van der Waals surface area contributed by atoms with Crippen molar-refractivity contribution in [2.75, 3.05) is 12.5 Å². The topological polar surface area (TPSA) is 81.7 Å². The summed E-state index contributed by atoms with van der Waals surface area (Å²) in [5.41, 5.74) is -0.381. The van der Waals surface area contributed by atoms with E-state index in [4.69, 9.17) is 20.5 Å². The summed E-state index contributed by atoms with van der Waals surface area (Å²) in [6, 6.07) is -1.16. The predicted molar refractivity (Wildman–Crippen MR) is 87.0 cm³/mol. The summed E-state index contributed by atoms with van der Waals surface area (Å²) < 4.78 is 36.4. The van der Waals surface area contributed by atoms with Crippen LogP contribution in [-0.4, -0.2) is 38.5 Å². The van der Waals surface area contributed by atoms with Crippen molar-refractivity contribution in [3.63, 3.8) is 0 Å². The van der Waals surface area contributed by atoms with Crippen molar-refractivity contribution in [1.29, 1.82) is 0 Å². The molecule has 0 aliphatic carbocycles. The molecule has 22 heavy (non-hydrogen) atoms. The Bertz CT molecular complexity index is 494. The van der Waals surface area contributed by atoms with E-state index in [1.807, 2.05) is 13.8 Å². The Morgan fingerprint density at radius 2 is 1.86 bits per heavy atom. The predicted octanol–water partition coefficient (Wildman–Crippen LogP) is 2.39. The van der Waals surface area contributed by atoms with E-state index in [9.17, 15) is 13.2 Å². The first-order valence-corrected chi connectivity index (χ1v) is 9.03. The Kier molecular flexibility index (Phi) is 8.61. The van der Waals surface area contributed by atoms with Crippen LogP contribution in [0.15, 0.2) is 11.6 Å². The second-order valence-corrected chi connectivity index (χ2v) is 7.59. The molecule has 0 rings (SSSR count). The number of alkyl halides is 1. The molecule has 8 heteroatoms. The number of rotatable bonds is 8.